The van der Waals surface area contributed by atoms with Crippen LogP contribution in [0.2, 0.25) is 0 Å². The highest BCUT2D eigenvalue weighted by molar-refractivity contribution is 6.51. The van der Waals surface area contributed by atoms with E-state index >= 15 is 0 Å². The first kappa shape index (κ1) is 8.04. The molecule has 1 heterocycles. The third-order valence-corrected chi connectivity index (χ3v) is 2.37. The number of rotatable bonds is 1. The first-order chi connectivity index (χ1) is 5.77. The van der Waals surface area contributed by atoms with E-state index in [1.807, 2.05) is 6.08 Å². The highest BCUT2D eigenvalue weighted by Gasteiger charge is 2.29. The van der Waals surface area contributed by atoms with Gasteiger partial charge in [-0.3, -0.25) is 0 Å². The first-order valence-corrected chi connectivity index (χ1v) is 4.15. The molecule has 0 aromatic rings. The van der Waals surface area contributed by atoms with Crippen LogP contribution in [0.3, 0.4) is 0 Å². The zero-order valence-electron chi connectivity index (χ0n) is 6.68. The van der Waals surface area contributed by atoms with E-state index in [9.17, 15) is 0 Å². The molecule has 2 aliphatic rings. The van der Waals surface area contributed by atoms with Crippen LogP contribution >= 0.6 is 0 Å². The fraction of sp³-hybridized carbons (Fsp3) is 0.500. The summed E-state index contributed by atoms with van der Waals surface area (Å²) in [4.78, 5) is 0. The van der Waals surface area contributed by atoms with Gasteiger partial charge in [0.15, 0.2) is 0 Å². The van der Waals surface area contributed by atoms with Crippen molar-refractivity contribution in [1.82, 2.24) is 0 Å². The second-order valence-electron chi connectivity index (χ2n) is 3.19. The van der Waals surface area contributed by atoms with E-state index in [-0.39, 0.29) is 6.10 Å². The lowest BCUT2D eigenvalue weighted by molar-refractivity contribution is 0.134. The van der Waals surface area contributed by atoms with E-state index in [2.05, 4.69) is 0 Å². The van der Waals surface area contributed by atoms with Gasteiger partial charge in [-0.15, -0.1) is 0 Å². The maximum Gasteiger partial charge on any atom is 0.488 e. The summed E-state index contributed by atoms with van der Waals surface area (Å²) in [5, 5.41) is 17.8. The Morgan fingerprint density at radius 1 is 1.50 bits per heavy atom. The Morgan fingerprint density at radius 2 is 2.33 bits per heavy atom. The van der Waals surface area contributed by atoms with Gasteiger partial charge in [-0.05, 0) is 11.9 Å². The summed E-state index contributed by atoms with van der Waals surface area (Å²) < 4.78 is 5.39. The first-order valence-electron chi connectivity index (χ1n) is 4.15. The maximum atomic E-state index is 8.88. The molecule has 12 heavy (non-hydrogen) atoms. The minimum absolute atomic E-state index is 0.0619. The molecule has 64 valence electrons. The highest BCUT2D eigenvalue weighted by Crippen LogP contribution is 2.28. The second-order valence-corrected chi connectivity index (χ2v) is 3.19. The van der Waals surface area contributed by atoms with E-state index in [4.69, 9.17) is 14.8 Å². The largest absolute Gasteiger partial charge is 0.488 e. The molecule has 1 fully saturated rings. The minimum Gasteiger partial charge on any atom is -0.423 e. The molecule has 0 bridgehead atoms. The van der Waals surface area contributed by atoms with Gasteiger partial charge in [0.25, 0.3) is 0 Å². The SMILES string of the molecule is OB(O)C1=CC2OCCC2C=C1. The Hall–Kier alpha value is -0.575. The van der Waals surface area contributed by atoms with Crippen molar-refractivity contribution in [1.29, 1.82) is 0 Å². The van der Waals surface area contributed by atoms with Crippen LogP contribution in [-0.4, -0.2) is 29.9 Å². The third kappa shape index (κ3) is 1.33. The summed E-state index contributed by atoms with van der Waals surface area (Å²) in [7, 11) is -1.37. The van der Waals surface area contributed by atoms with Gasteiger partial charge in [0, 0.05) is 12.5 Å². The zero-order chi connectivity index (χ0) is 8.55. The Kier molecular flexibility index (Phi) is 2.04. The van der Waals surface area contributed by atoms with Gasteiger partial charge in [0.1, 0.15) is 0 Å². The zero-order valence-corrected chi connectivity index (χ0v) is 6.68. The average Bonchev–Trinajstić information content (AvgIpc) is 2.49. The van der Waals surface area contributed by atoms with Gasteiger partial charge in [-0.2, -0.15) is 0 Å². The molecular weight excluding hydrogens is 155 g/mol. The summed E-state index contributed by atoms with van der Waals surface area (Å²) >= 11 is 0. The lowest BCUT2D eigenvalue weighted by atomic mass is 9.74. The van der Waals surface area contributed by atoms with Crippen LogP contribution in [0.1, 0.15) is 6.42 Å². The average molecular weight is 166 g/mol. The van der Waals surface area contributed by atoms with Gasteiger partial charge < -0.3 is 14.8 Å². The predicted octanol–water partition coefficient (Wildman–Crippen LogP) is -0.100. The summed E-state index contributed by atoms with van der Waals surface area (Å²) in [6.07, 6.45) is 6.65. The molecule has 0 aromatic heterocycles. The molecule has 4 heteroatoms. The smallest absolute Gasteiger partial charge is 0.423 e. The van der Waals surface area contributed by atoms with E-state index in [1.165, 1.54) is 0 Å². The molecular formula is C8H11BO3. The van der Waals surface area contributed by atoms with Gasteiger partial charge in [-0.1, -0.05) is 18.2 Å². The van der Waals surface area contributed by atoms with Crippen molar-refractivity contribution in [2.45, 2.75) is 12.5 Å². The van der Waals surface area contributed by atoms with Crippen LogP contribution in [-0.2, 0) is 4.74 Å². The monoisotopic (exact) mass is 166 g/mol. The molecule has 1 saturated heterocycles. The maximum absolute atomic E-state index is 8.88. The van der Waals surface area contributed by atoms with Crippen LogP contribution in [0, 0.1) is 5.92 Å². The minimum atomic E-state index is -1.37. The lowest BCUT2D eigenvalue weighted by Crippen LogP contribution is -2.22. The van der Waals surface area contributed by atoms with Crippen LogP contribution in [0.4, 0.5) is 0 Å². The number of ether oxygens (including phenoxy) is 1. The van der Waals surface area contributed by atoms with Gasteiger partial charge in [0.05, 0.1) is 6.10 Å². The van der Waals surface area contributed by atoms with E-state index < -0.39 is 7.12 Å². The molecule has 2 unspecified atom stereocenters. The van der Waals surface area contributed by atoms with Gasteiger partial charge >= 0.3 is 7.12 Å². The fourth-order valence-corrected chi connectivity index (χ4v) is 1.66. The summed E-state index contributed by atoms with van der Waals surface area (Å²) in [6.45, 7) is 0.769. The van der Waals surface area contributed by atoms with Gasteiger partial charge in [0.2, 0.25) is 0 Å². The molecule has 2 N–H and O–H groups in total. The Morgan fingerprint density at radius 3 is 3.08 bits per heavy atom. The van der Waals surface area contributed by atoms with Crippen molar-refractivity contribution in [3.05, 3.63) is 23.7 Å². The van der Waals surface area contributed by atoms with Crippen molar-refractivity contribution in [2.75, 3.05) is 6.61 Å². The standard InChI is InChI=1S/C8H11BO3/c10-9(11)7-2-1-6-3-4-12-8(6)5-7/h1-2,5-6,8,10-11H,3-4H2. The molecule has 3 nitrogen and oxygen atoms in total. The highest BCUT2D eigenvalue weighted by atomic mass is 16.5. The van der Waals surface area contributed by atoms with Crippen LogP contribution < -0.4 is 0 Å². The summed E-state index contributed by atoms with van der Waals surface area (Å²) in [5.74, 6) is 0.437. The van der Waals surface area contributed by atoms with Crippen LogP contribution in [0.5, 0.6) is 0 Å². The molecule has 0 radical (unpaired) electrons. The predicted molar refractivity (Wildman–Crippen MR) is 45.3 cm³/mol. The normalized spacial score (nSPS) is 33.0. The van der Waals surface area contributed by atoms with Crippen molar-refractivity contribution < 1.29 is 14.8 Å². The molecule has 0 saturated carbocycles. The summed E-state index contributed by atoms with van der Waals surface area (Å²) in [6, 6.07) is 0. The van der Waals surface area contributed by atoms with Crippen LogP contribution in [0.25, 0.3) is 0 Å². The topological polar surface area (TPSA) is 49.7 Å². The Balaban J connectivity index is 2.15. The second kappa shape index (κ2) is 3.05. The molecule has 2 rings (SSSR count). The van der Waals surface area contributed by atoms with Crippen molar-refractivity contribution in [3.63, 3.8) is 0 Å². The molecule has 0 spiro atoms. The van der Waals surface area contributed by atoms with E-state index in [0.29, 0.717) is 11.4 Å². The number of hydrogen-bond acceptors (Lipinski definition) is 3. The molecule has 1 aliphatic heterocycles. The molecule has 0 aromatic carbocycles. The number of hydrogen-bond donors (Lipinski definition) is 2. The Labute approximate surface area is 71.5 Å². The molecule has 1 aliphatic carbocycles. The van der Waals surface area contributed by atoms with E-state index in [1.54, 1.807) is 12.2 Å². The fourth-order valence-electron chi connectivity index (χ4n) is 1.66. The quantitative estimate of drug-likeness (QED) is 0.534. The van der Waals surface area contributed by atoms with Gasteiger partial charge in [-0.25, -0.2) is 0 Å². The van der Waals surface area contributed by atoms with Crippen LogP contribution in [0.15, 0.2) is 23.7 Å². The number of allylic oxidation sites excluding steroid dienone is 2. The number of fused-ring (bicyclic) bond motifs is 1. The lowest BCUT2D eigenvalue weighted by Gasteiger charge is -2.17. The van der Waals surface area contributed by atoms with Crippen molar-refractivity contribution in [2.24, 2.45) is 5.92 Å². The Bertz CT molecular complexity index is 234. The van der Waals surface area contributed by atoms with E-state index in [0.717, 1.165) is 13.0 Å². The van der Waals surface area contributed by atoms with Crippen molar-refractivity contribution >= 4 is 7.12 Å². The molecule has 0 amide bonds. The third-order valence-electron chi connectivity index (χ3n) is 2.37. The van der Waals surface area contributed by atoms with Crippen molar-refractivity contribution in [3.8, 4) is 0 Å². The summed E-state index contributed by atoms with van der Waals surface area (Å²) in [5.41, 5.74) is 0.540. The molecule has 2 atom stereocenters.